The van der Waals surface area contributed by atoms with Crippen LogP contribution >= 0.6 is 0 Å². The first-order valence-electron chi connectivity index (χ1n) is 5.71. The zero-order valence-electron chi connectivity index (χ0n) is 10.2. The van der Waals surface area contributed by atoms with E-state index in [2.05, 4.69) is 0 Å². The van der Waals surface area contributed by atoms with E-state index in [0.717, 1.165) is 0 Å². The highest BCUT2D eigenvalue weighted by molar-refractivity contribution is 6.23. The van der Waals surface area contributed by atoms with Gasteiger partial charge in [0.1, 0.15) is 0 Å². The zero-order valence-corrected chi connectivity index (χ0v) is 10.2. The smallest absolute Gasteiger partial charge is 0.263 e. The summed E-state index contributed by atoms with van der Waals surface area (Å²) in [4.78, 5) is 25.7. The molecule has 90 valence electrons. The van der Waals surface area contributed by atoms with Gasteiger partial charge in [0.25, 0.3) is 11.8 Å². The van der Waals surface area contributed by atoms with Crippen molar-refractivity contribution in [1.82, 2.24) is 4.90 Å². The number of nitrogen functional groups attached to an aromatic ring is 1. The van der Waals surface area contributed by atoms with Gasteiger partial charge in [0.05, 0.1) is 11.1 Å². The third-order valence-corrected chi connectivity index (χ3v) is 3.35. The van der Waals surface area contributed by atoms with Gasteiger partial charge in [-0.05, 0) is 25.0 Å². The summed E-state index contributed by atoms with van der Waals surface area (Å²) in [5, 5.41) is 0. The first kappa shape index (κ1) is 11.6. The SMILES string of the molecule is CC(C)C(C)N1C(=O)c2cccc(N)c2C1=O. The van der Waals surface area contributed by atoms with E-state index in [-0.39, 0.29) is 23.8 Å². The predicted octanol–water partition coefficient (Wildman–Crippen LogP) is 1.91. The Morgan fingerprint density at radius 1 is 1.12 bits per heavy atom. The standard InChI is InChI=1S/C13H16N2O2/c1-7(2)8(3)15-12(16)9-5-4-6-10(14)11(9)13(15)17/h4-8H,14H2,1-3H3. The second-order valence-corrected chi connectivity index (χ2v) is 4.73. The van der Waals surface area contributed by atoms with Crippen LogP contribution in [0.3, 0.4) is 0 Å². The molecule has 2 rings (SSSR count). The lowest BCUT2D eigenvalue weighted by Crippen LogP contribution is -2.41. The highest BCUT2D eigenvalue weighted by atomic mass is 16.2. The molecule has 1 aromatic rings. The fourth-order valence-corrected chi connectivity index (χ4v) is 2.00. The number of hydrogen-bond donors (Lipinski definition) is 1. The first-order valence-corrected chi connectivity index (χ1v) is 5.71. The van der Waals surface area contributed by atoms with Gasteiger partial charge in [-0.1, -0.05) is 19.9 Å². The highest BCUT2D eigenvalue weighted by Crippen LogP contribution is 2.30. The number of hydrogen-bond acceptors (Lipinski definition) is 3. The molecule has 0 saturated heterocycles. The van der Waals surface area contributed by atoms with Gasteiger partial charge in [0, 0.05) is 11.7 Å². The fourth-order valence-electron chi connectivity index (χ4n) is 2.00. The third-order valence-electron chi connectivity index (χ3n) is 3.35. The van der Waals surface area contributed by atoms with Gasteiger partial charge >= 0.3 is 0 Å². The van der Waals surface area contributed by atoms with E-state index in [1.807, 2.05) is 20.8 Å². The normalized spacial score (nSPS) is 16.6. The summed E-state index contributed by atoms with van der Waals surface area (Å²) < 4.78 is 0. The Kier molecular flexibility index (Phi) is 2.65. The topological polar surface area (TPSA) is 63.4 Å². The molecule has 4 nitrogen and oxygen atoms in total. The van der Waals surface area contributed by atoms with E-state index < -0.39 is 0 Å². The lowest BCUT2D eigenvalue weighted by molar-refractivity contribution is 0.0559. The Bertz CT molecular complexity index is 494. The van der Waals surface area contributed by atoms with Gasteiger partial charge in [-0.2, -0.15) is 0 Å². The van der Waals surface area contributed by atoms with Crippen molar-refractivity contribution < 1.29 is 9.59 Å². The second-order valence-electron chi connectivity index (χ2n) is 4.73. The lowest BCUT2D eigenvalue weighted by atomic mass is 10.1. The minimum Gasteiger partial charge on any atom is -0.398 e. The van der Waals surface area contributed by atoms with Gasteiger partial charge in [-0.3, -0.25) is 14.5 Å². The van der Waals surface area contributed by atoms with E-state index in [0.29, 0.717) is 16.8 Å². The van der Waals surface area contributed by atoms with Gasteiger partial charge in [-0.15, -0.1) is 0 Å². The monoisotopic (exact) mass is 232 g/mol. The zero-order chi connectivity index (χ0) is 12.7. The Hall–Kier alpha value is -1.84. The number of nitrogens with zero attached hydrogens (tertiary/aromatic N) is 1. The van der Waals surface area contributed by atoms with Crippen LogP contribution in [0.2, 0.25) is 0 Å². The second kappa shape index (κ2) is 3.87. The molecular weight excluding hydrogens is 216 g/mol. The maximum absolute atomic E-state index is 12.2. The van der Waals surface area contributed by atoms with Gasteiger partial charge in [0.2, 0.25) is 0 Å². The number of carbonyl (C=O) groups is 2. The largest absolute Gasteiger partial charge is 0.398 e. The highest BCUT2D eigenvalue weighted by Gasteiger charge is 2.40. The summed E-state index contributed by atoms with van der Waals surface area (Å²) in [6.45, 7) is 5.84. The average Bonchev–Trinajstić information content (AvgIpc) is 2.52. The Labute approximate surface area is 100 Å². The van der Waals surface area contributed by atoms with Gasteiger partial charge in [0.15, 0.2) is 0 Å². The van der Waals surface area contributed by atoms with Crippen LogP contribution in [-0.4, -0.2) is 22.8 Å². The summed E-state index contributed by atoms with van der Waals surface area (Å²) in [5.74, 6) is -0.291. The van der Waals surface area contributed by atoms with Crippen LogP contribution in [0.25, 0.3) is 0 Å². The molecule has 0 bridgehead atoms. The number of rotatable bonds is 2. The van der Waals surface area contributed by atoms with Crippen molar-refractivity contribution in [2.75, 3.05) is 5.73 Å². The molecule has 2 amide bonds. The van der Waals surface area contributed by atoms with Crippen molar-refractivity contribution in [2.45, 2.75) is 26.8 Å². The third kappa shape index (κ3) is 1.60. The Morgan fingerprint density at radius 3 is 2.29 bits per heavy atom. The van der Waals surface area contributed by atoms with Crippen LogP contribution in [0.4, 0.5) is 5.69 Å². The van der Waals surface area contributed by atoms with Crippen LogP contribution in [0.1, 0.15) is 41.5 Å². The van der Waals surface area contributed by atoms with Crippen molar-refractivity contribution in [1.29, 1.82) is 0 Å². The predicted molar refractivity (Wildman–Crippen MR) is 65.7 cm³/mol. The van der Waals surface area contributed by atoms with Crippen molar-refractivity contribution >= 4 is 17.5 Å². The van der Waals surface area contributed by atoms with Crippen molar-refractivity contribution in [3.05, 3.63) is 29.3 Å². The molecule has 1 aromatic carbocycles. The molecule has 4 heteroatoms. The quantitative estimate of drug-likeness (QED) is 0.625. The Morgan fingerprint density at radius 2 is 1.76 bits per heavy atom. The summed E-state index contributed by atoms with van der Waals surface area (Å²) in [5.41, 5.74) is 6.91. The van der Waals surface area contributed by atoms with E-state index in [1.54, 1.807) is 18.2 Å². The maximum Gasteiger partial charge on any atom is 0.263 e. The molecule has 0 radical (unpaired) electrons. The van der Waals surface area contributed by atoms with Crippen LogP contribution in [0, 0.1) is 5.92 Å². The van der Waals surface area contributed by atoms with Crippen LogP contribution in [0.5, 0.6) is 0 Å². The van der Waals surface area contributed by atoms with E-state index in [1.165, 1.54) is 4.90 Å². The van der Waals surface area contributed by atoms with E-state index >= 15 is 0 Å². The molecule has 17 heavy (non-hydrogen) atoms. The number of amides is 2. The van der Waals surface area contributed by atoms with Crippen LogP contribution < -0.4 is 5.73 Å². The summed E-state index contributed by atoms with van der Waals surface area (Å²) in [6.07, 6.45) is 0. The summed E-state index contributed by atoms with van der Waals surface area (Å²) in [6, 6.07) is 4.87. The first-order chi connectivity index (χ1) is 7.95. The molecule has 0 spiro atoms. The molecule has 0 fully saturated rings. The molecular formula is C13H16N2O2. The number of imide groups is 1. The van der Waals surface area contributed by atoms with Crippen molar-refractivity contribution in [2.24, 2.45) is 5.92 Å². The van der Waals surface area contributed by atoms with Crippen molar-refractivity contribution in [3.63, 3.8) is 0 Å². The van der Waals surface area contributed by atoms with Gasteiger partial charge < -0.3 is 5.73 Å². The molecule has 0 saturated carbocycles. The van der Waals surface area contributed by atoms with Crippen molar-refractivity contribution in [3.8, 4) is 0 Å². The molecule has 1 unspecified atom stereocenters. The minimum atomic E-state index is -0.274. The van der Waals surface area contributed by atoms with E-state index in [9.17, 15) is 9.59 Å². The summed E-state index contributed by atoms with van der Waals surface area (Å²) in [7, 11) is 0. The Balaban J connectivity index is 2.50. The van der Waals surface area contributed by atoms with E-state index in [4.69, 9.17) is 5.73 Å². The number of anilines is 1. The molecule has 1 atom stereocenters. The molecule has 1 aliphatic rings. The lowest BCUT2D eigenvalue weighted by Gasteiger charge is -2.25. The number of nitrogens with two attached hydrogens (primary N) is 1. The van der Waals surface area contributed by atoms with Crippen LogP contribution in [0.15, 0.2) is 18.2 Å². The molecule has 1 heterocycles. The number of carbonyl (C=O) groups excluding carboxylic acids is 2. The molecule has 0 aliphatic carbocycles. The minimum absolute atomic E-state index is 0.123. The van der Waals surface area contributed by atoms with Crippen LogP contribution in [-0.2, 0) is 0 Å². The fraction of sp³-hybridized carbons (Fsp3) is 0.385. The maximum atomic E-state index is 12.2. The number of fused-ring (bicyclic) bond motifs is 1. The number of benzene rings is 1. The molecule has 2 N–H and O–H groups in total. The average molecular weight is 232 g/mol. The molecule has 0 aromatic heterocycles. The van der Waals surface area contributed by atoms with Gasteiger partial charge in [-0.25, -0.2) is 0 Å². The molecule has 1 aliphatic heterocycles. The summed E-state index contributed by atoms with van der Waals surface area (Å²) >= 11 is 0.